The topological polar surface area (TPSA) is 66.4 Å². The summed E-state index contributed by atoms with van der Waals surface area (Å²) in [6.07, 6.45) is 22.7. The van der Waals surface area contributed by atoms with Gasteiger partial charge in [-0.2, -0.15) is 11.8 Å². The van der Waals surface area contributed by atoms with Crippen LogP contribution in [0, 0.1) is 0 Å². The maximum Gasteiger partial charge on any atom is 0.327 e. The lowest BCUT2D eigenvalue weighted by molar-refractivity contribution is -0.141. The largest absolute Gasteiger partial charge is 0.480 e. The van der Waals surface area contributed by atoms with E-state index < -0.39 is 12.0 Å². The van der Waals surface area contributed by atoms with E-state index in [1.807, 2.05) is 30.3 Å². The average molecular weight is 506 g/mol. The highest BCUT2D eigenvalue weighted by Gasteiger charge is 2.19. The molecule has 0 saturated carbocycles. The Morgan fingerprint density at radius 1 is 0.743 bits per heavy atom. The van der Waals surface area contributed by atoms with Crippen molar-refractivity contribution in [3.63, 3.8) is 0 Å². The Bertz CT molecular complexity index is 638. The van der Waals surface area contributed by atoms with Gasteiger partial charge in [-0.3, -0.25) is 4.79 Å². The highest BCUT2D eigenvalue weighted by Crippen LogP contribution is 2.15. The highest BCUT2D eigenvalue weighted by molar-refractivity contribution is 7.98. The summed E-state index contributed by atoms with van der Waals surface area (Å²) in [5, 5.41) is 12.1. The fourth-order valence-electron chi connectivity index (χ4n) is 4.32. The minimum atomic E-state index is -0.957. The highest BCUT2D eigenvalue weighted by atomic mass is 32.2. The monoisotopic (exact) mass is 505 g/mol. The van der Waals surface area contributed by atoms with Crippen LogP contribution in [0.1, 0.15) is 128 Å². The maximum atomic E-state index is 12.2. The molecule has 0 aromatic heterocycles. The first-order chi connectivity index (χ1) is 17.1. The molecular weight excluding hydrogens is 454 g/mol. The number of benzene rings is 1. The molecule has 0 bridgehead atoms. The molecule has 0 unspecified atom stereocenters. The van der Waals surface area contributed by atoms with E-state index in [1.54, 1.807) is 0 Å². The molecule has 0 aliphatic carbocycles. The summed E-state index contributed by atoms with van der Waals surface area (Å²) in [5.41, 5.74) is 1.16. The number of carbonyl (C=O) groups is 2. The minimum Gasteiger partial charge on any atom is -0.480 e. The standard InChI is InChI=1S/C30H51NO3S/c1-2-3-4-5-6-7-8-9-10-11-12-13-14-15-16-17-21-24-29(32)31-28(30(33)34)26-35-25-27-22-19-18-20-23-27/h18-20,22-23,28H,2-17,21,24-26H2,1H3,(H,31,32)(H,33,34)/t28-/m0/s1. The van der Waals surface area contributed by atoms with Crippen molar-refractivity contribution in [1.82, 2.24) is 5.32 Å². The number of hydrogen-bond donors (Lipinski definition) is 2. The van der Waals surface area contributed by atoms with E-state index in [9.17, 15) is 14.7 Å². The normalized spacial score (nSPS) is 11.9. The third-order valence-electron chi connectivity index (χ3n) is 6.54. The molecule has 0 saturated heterocycles. The predicted molar refractivity (Wildman–Crippen MR) is 151 cm³/mol. The van der Waals surface area contributed by atoms with Crippen LogP contribution in [0.4, 0.5) is 0 Å². The summed E-state index contributed by atoms with van der Waals surface area (Å²) in [5.74, 6) is 0.0364. The molecule has 0 heterocycles. The molecule has 1 amide bonds. The van der Waals surface area contributed by atoms with Gasteiger partial charge >= 0.3 is 5.97 Å². The van der Waals surface area contributed by atoms with E-state index in [1.165, 1.54) is 108 Å². The molecule has 1 rings (SSSR count). The number of aliphatic carboxylic acids is 1. The van der Waals surface area contributed by atoms with E-state index in [2.05, 4.69) is 12.2 Å². The average Bonchev–Trinajstić information content (AvgIpc) is 2.86. The zero-order valence-corrected chi connectivity index (χ0v) is 23.1. The summed E-state index contributed by atoms with van der Waals surface area (Å²) in [7, 11) is 0. The molecule has 0 spiro atoms. The van der Waals surface area contributed by atoms with E-state index in [-0.39, 0.29) is 5.91 Å². The number of nitrogens with one attached hydrogen (secondary N) is 1. The molecule has 1 aromatic rings. The number of unbranched alkanes of at least 4 members (excludes halogenated alkanes) is 16. The van der Waals surface area contributed by atoms with Gasteiger partial charge in [-0.25, -0.2) is 4.79 Å². The second-order valence-electron chi connectivity index (χ2n) is 9.87. The SMILES string of the molecule is CCCCCCCCCCCCCCCCCCCC(=O)N[C@@H](CSCc1ccccc1)C(=O)O. The van der Waals surface area contributed by atoms with Crippen LogP contribution in [0.15, 0.2) is 30.3 Å². The molecule has 200 valence electrons. The van der Waals surface area contributed by atoms with Crippen molar-refractivity contribution in [2.24, 2.45) is 0 Å². The van der Waals surface area contributed by atoms with Crippen LogP contribution in [0.2, 0.25) is 0 Å². The molecule has 0 radical (unpaired) electrons. The first kappa shape index (κ1) is 31.5. The summed E-state index contributed by atoms with van der Waals surface area (Å²) < 4.78 is 0. The van der Waals surface area contributed by atoms with Gasteiger partial charge in [0.2, 0.25) is 5.91 Å². The van der Waals surface area contributed by atoms with Gasteiger partial charge < -0.3 is 10.4 Å². The van der Waals surface area contributed by atoms with Gasteiger partial charge in [-0.15, -0.1) is 0 Å². The number of carboxylic acid groups (broad SMARTS) is 1. The van der Waals surface area contributed by atoms with Gasteiger partial charge in [0, 0.05) is 17.9 Å². The Morgan fingerprint density at radius 2 is 1.20 bits per heavy atom. The Kier molecular flexibility index (Phi) is 20.7. The summed E-state index contributed by atoms with van der Waals surface area (Å²) >= 11 is 1.54. The lowest BCUT2D eigenvalue weighted by Crippen LogP contribution is -2.42. The first-order valence-corrected chi connectivity index (χ1v) is 15.4. The van der Waals surface area contributed by atoms with Crippen molar-refractivity contribution in [1.29, 1.82) is 0 Å². The molecule has 1 atom stereocenters. The van der Waals surface area contributed by atoms with Crippen LogP contribution in [0.3, 0.4) is 0 Å². The lowest BCUT2D eigenvalue weighted by Gasteiger charge is -2.14. The van der Waals surface area contributed by atoms with E-state index in [4.69, 9.17) is 0 Å². The fraction of sp³-hybridized carbons (Fsp3) is 0.733. The summed E-state index contributed by atoms with van der Waals surface area (Å²) in [6.45, 7) is 2.27. The molecule has 1 aromatic carbocycles. The molecule has 4 nitrogen and oxygen atoms in total. The summed E-state index contributed by atoms with van der Waals surface area (Å²) in [6, 6.07) is 9.16. The van der Waals surface area contributed by atoms with Gasteiger partial charge in [-0.05, 0) is 12.0 Å². The minimum absolute atomic E-state index is 0.140. The van der Waals surface area contributed by atoms with Crippen LogP contribution in [-0.2, 0) is 15.3 Å². The second-order valence-corrected chi connectivity index (χ2v) is 10.9. The van der Waals surface area contributed by atoms with Gasteiger partial charge in [0.25, 0.3) is 0 Å². The van der Waals surface area contributed by atoms with Crippen LogP contribution in [0.5, 0.6) is 0 Å². The van der Waals surface area contributed by atoms with Crippen molar-refractivity contribution in [2.75, 3.05) is 5.75 Å². The van der Waals surface area contributed by atoms with Crippen molar-refractivity contribution in [2.45, 2.75) is 134 Å². The number of hydrogen-bond acceptors (Lipinski definition) is 3. The van der Waals surface area contributed by atoms with E-state index in [0.717, 1.165) is 24.2 Å². The zero-order valence-electron chi connectivity index (χ0n) is 22.3. The van der Waals surface area contributed by atoms with E-state index >= 15 is 0 Å². The van der Waals surface area contributed by atoms with Crippen LogP contribution in [0.25, 0.3) is 0 Å². The Morgan fingerprint density at radius 3 is 1.66 bits per heavy atom. The lowest BCUT2D eigenvalue weighted by atomic mass is 10.0. The molecule has 35 heavy (non-hydrogen) atoms. The number of amides is 1. The second kappa shape index (κ2) is 22.9. The van der Waals surface area contributed by atoms with Crippen LogP contribution >= 0.6 is 11.8 Å². The fourth-order valence-corrected chi connectivity index (χ4v) is 5.33. The van der Waals surface area contributed by atoms with Crippen molar-refractivity contribution in [3.05, 3.63) is 35.9 Å². The Labute approximate surface area is 219 Å². The smallest absolute Gasteiger partial charge is 0.327 e. The molecule has 0 aliphatic rings. The predicted octanol–water partition coefficient (Wildman–Crippen LogP) is 8.53. The van der Waals surface area contributed by atoms with Crippen molar-refractivity contribution >= 4 is 23.6 Å². The molecular formula is C30H51NO3S. The maximum absolute atomic E-state index is 12.2. The molecule has 0 aliphatic heterocycles. The van der Waals surface area contributed by atoms with Crippen LogP contribution < -0.4 is 5.32 Å². The molecule has 2 N–H and O–H groups in total. The first-order valence-electron chi connectivity index (χ1n) is 14.3. The van der Waals surface area contributed by atoms with Crippen molar-refractivity contribution in [3.8, 4) is 0 Å². The Balaban J connectivity index is 1.90. The van der Waals surface area contributed by atoms with Crippen molar-refractivity contribution < 1.29 is 14.7 Å². The number of rotatable bonds is 24. The van der Waals surface area contributed by atoms with Gasteiger partial charge in [0.15, 0.2) is 0 Å². The number of carboxylic acids is 1. The summed E-state index contributed by atoms with van der Waals surface area (Å²) in [4.78, 5) is 23.7. The van der Waals surface area contributed by atoms with Gasteiger partial charge in [0.05, 0.1) is 0 Å². The molecule has 5 heteroatoms. The van der Waals surface area contributed by atoms with Gasteiger partial charge in [0.1, 0.15) is 6.04 Å². The third kappa shape index (κ3) is 19.4. The third-order valence-corrected chi connectivity index (χ3v) is 7.64. The van der Waals surface area contributed by atoms with Gasteiger partial charge in [-0.1, -0.05) is 140 Å². The van der Waals surface area contributed by atoms with Crippen LogP contribution in [-0.4, -0.2) is 28.8 Å². The zero-order chi connectivity index (χ0) is 25.4. The molecule has 0 fully saturated rings. The number of thioether (sulfide) groups is 1. The number of carbonyl (C=O) groups excluding carboxylic acids is 1. The van der Waals surface area contributed by atoms with E-state index in [0.29, 0.717) is 12.2 Å². The quantitative estimate of drug-likeness (QED) is 0.138. The Hall–Kier alpha value is -1.49.